The minimum absolute atomic E-state index is 0.00485. The molecule has 5 heterocycles. The molecule has 11 rings (SSSR count). The second-order valence-corrected chi connectivity index (χ2v) is 17.9. The number of benzene rings is 6. The van der Waals surface area contributed by atoms with Gasteiger partial charge in [-0.15, -0.1) is 0 Å². The number of carbonyl (C=O) groups excluding carboxylic acids is 4. The molecule has 0 radical (unpaired) electrons. The Morgan fingerprint density at radius 3 is 1.87 bits per heavy atom. The Kier molecular flexibility index (Phi) is 9.01. The van der Waals surface area contributed by atoms with Crippen LogP contribution in [0.5, 0.6) is 0 Å². The summed E-state index contributed by atoms with van der Waals surface area (Å²) in [5.74, 6) is -2.59. The van der Waals surface area contributed by atoms with Gasteiger partial charge in [-0.2, -0.15) is 0 Å². The molecule has 312 valence electrons. The molecule has 4 N–H and O–H groups in total. The molecule has 0 aromatic heterocycles. The second kappa shape index (κ2) is 14.6. The van der Waals surface area contributed by atoms with E-state index in [4.69, 9.17) is 0 Å². The fourth-order valence-electron chi connectivity index (χ4n) is 11.7. The van der Waals surface area contributed by atoms with E-state index < -0.39 is 34.4 Å². The molecule has 7 atom stereocenters. The van der Waals surface area contributed by atoms with E-state index in [-0.39, 0.29) is 42.6 Å². The number of ketones is 1. The molecule has 7 unspecified atom stereocenters. The van der Waals surface area contributed by atoms with Crippen molar-refractivity contribution in [3.8, 4) is 0 Å². The highest BCUT2D eigenvalue weighted by Gasteiger charge is 2.76. The fourth-order valence-corrected chi connectivity index (χ4v) is 11.7. The number of Topliss-reactive ketones (excluding diaryl/α,β-unsaturated/α-hetero) is 1. The first kappa shape index (κ1) is 38.9. The smallest absolute Gasteiger partial charge is 0.250 e. The molecule has 0 aliphatic carbocycles. The molecule has 9 nitrogen and oxygen atoms in total. The predicted octanol–water partition coefficient (Wildman–Crippen LogP) is 8.26. The molecule has 6 aromatic carbocycles. The molecular weight excluding hydrogens is 783 g/mol. The summed E-state index contributed by atoms with van der Waals surface area (Å²) in [7, 11) is 0. The Labute approximate surface area is 366 Å². The third-order valence-electron chi connectivity index (χ3n) is 14.5. The van der Waals surface area contributed by atoms with Crippen molar-refractivity contribution in [1.29, 1.82) is 0 Å². The van der Waals surface area contributed by atoms with Gasteiger partial charge in [0.15, 0.2) is 5.78 Å². The van der Waals surface area contributed by atoms with Crippen LogP contribution < -0.4 is 21.3 Å². The van der Waals surface area contributed by atoms with Crippen LogP contribution in [-0.2, 0) is 30.3 Å². The Morgan fingerprint density at radius 2 is 1.19 bits per heavy atom. The van der Waals surface area contributed by atoms with Crippen LogP contribution in [-0.4, -0.2) is 41.5 Å². The average molecular weight is 830 g/mol. The zero-order chi connectivity index (χ0) is 43.1. The number of rotatable bonds is 5. The number of aryl methyl sites for hydroxylation is 2. The zero-order valence-corrected chi connectivity index (χ0v) is 35.1. The van der Waals surface area contributed by atoms with Gasteiger partial charge in [0.25, 0.3) is 5.91 Å². The summed E-state index contributed by atoms with van der Waals surface area (Å²) >= 11 is 0. The van der Waals surface area contributed by atoms with E-state index in [0.717, 1.165) is 38.9 Å². The van der Waals surface area contributed by atoms with Gasteiger partial charge in [-0.25, -0.2) is 0 Å². The van der Waals surface area contributed by atoms with Crippen molar-refractivity contribution in [2.24, 2.45) is 11.3 Å². The van der Waals surface area contributed by atoms with Crippen LogP contribution in [0.15, 0.2) is 163 Å². The molecule has 0 bridgehead atoms. The van der Waals surface area contributed by atoms with E-state index in [2.05, 4.69) is 33.4 Å². The maximum Gasteiger partial charge on any atom is 0.250 e. The van der Waals surface area contributed by atoms with Gasteiger partial charge in [0.2, 0.25) is 11.8 Å². The number of nitrogens with one attached hydrogen (secondary N) is 4. The fraction of sp³-hybridized carbons (Fsp3) is 0.222. The minimum Gasteiger partial charge on any atom is -0.337 e. The minimum atomic E-state index is -1.61. The Balaban J connectivity index is 1.16. The number of amides is 3. The third-order valence-corrected chi connectivity index (χ3v) is 14.5. The van der Waals surface area contributed by atoms with E-state index in [9.17, 15) is 4.79 Å². The summed E-state index contributed by atoms with van der Waals surface area (Å²) < 4.78 is 0. The van der Waals surface area contributed by atoms with Gasteiger partial charge in [0.1, 0.15) is 11.1 Å². The molecule has 6 aromatic rings. The third kappa shape index (κ3) is 5.69. The molecular formula is C54H47N5O4. The first-order chi connectivity index (χ1) is 30.6. The van der Waals surface area contributed by atoms with Crippen molar-refractivity contribution in [3.63, 3.8) is 0 Å². The first-order valence-corrected chi connectivity index (χ1v) is 21.8. The van der Waals surface area contributed by atoms with E-state index in [0.29, 0.717) is 28.9 Å². The van der Waals surface area contributed by atoms with Crippen LogP contribution in [0.4, 0.5) is 11.4 Å². The van der Waals surface area contributed by atoms with E-state index in [1.54, 1.807) is 4.90 Å². The molecule has 3 amide bonds. The number of carbonyl (C=O) groups is 4. The normalized spacial score (nSPS) is 28.8. The maximum atomic E-state index is 16.5. The number of fused-ring (bicyclic) bond motifs is 5. The van der Waals surface area contributed by atoms with E-state index in [1.807, 2.05) is 166 Å². The molecule has 3 saturated heterocycles. The molecule has 0 saturated carbocycles. The van der Waals surface area contributed by atoms with Gasteiger partial charge in [-0.1, -0.05) is 157 Å². The largest absolute Gasteiger partial charge is 0.337 e. The van der Waals surface area contributed by atoms with Gasteiger partial charge in [-0.05, 0) is 60.7 Å². The number of nitrogens with zero attached hydrogens (tertiary/aromatic N) is 1. The van der Waals surface area contributed by atoms with Crippen molar-refractivity contribution in [1.82, 2.24) is 15.5 Å². The molecule has 9 heteroatoms. The lowest BCUT2D eigenvalue weighted by Gasteiger charge is -2.51. The lowest BCUT2D eigenvalue weighted by Crippen LogP contribution is -2.67. The van der Waals surface area contributed by atoms with Crippen molar-refractivity contribution < 1.29 is 19.2 Å². The number of anilines is 2. The molecule has 5 aliphatic rings. The summed E-state index contributed by atoms with van der Waals surface area (Å²) in [5, 5.41) is 13.9. The monoisotopic (exact) mass is 829 g/mol. The maximum absolute atomic E-state index is 16.5. The predicted molar refractivity (Wildman–Crippen MR) is 243 cm³/mol. The Bertz CT molecular complexity index is 2860. The topological polar surface area (TPSA) is 120 Å². The van der Waals surface area contributed by atoms with Gasteiger partial charge < -0.3 is 15.5 Å². The highest BCUT2D eigenvalue weighted by molar-refractivity contribution is 6.17. The van der Waals surface area contributed by atoms with Gasteiger partial charge in [0.05, 0.1) is 11.3 Å². The number of hydrogen-bond acceptors (Lipinski definition) is 6. The highest BCUT2D eigenvalue weighted by Crippen LogP contribution is 2.66. The molecule has 3 spiro atoms. The summed E-state index contributed by atoms with van der Waals surface area (Å²) in [6, 6.07) is 50.4. The van der Waals surface area contributed by atoms with Crippen molar-refractivity contribution in [2.75, 3.05) is 23.7 Å². The van der Waals surface area contributed by atoms with Crippen LogP contribution in [0.2, 0.25) is 0 Å². The SMILES string of the molecule is Cc1ccc(/C=C2\CN(C(=O)C3CC(c4ccccc4)NC34C(=O)Nc3ccccc34)CC3(C2=O)C(c2ccc(C)cc2)C(c2ccccc2)NC32C(=O)Nc3ccccc32)cc1. The van der Waals surface area contributed by atoms with Crippen LogP contribution in [0.3, 0.4) is 0 Å². The number of piperidine rings is 1. The first-order valence-electron chi connectivity index (χ1n) is 21.8. The van der Waals surface area contributed by atoms with Crippen molar-refractivity contribution in [3.05, 3.63) is 208 Å². The van der Waals surface area contributed by atoms with Crippen LogP contribution in [0.1, 0.15) is 68.9 Å². The molecule has 3 fully saturated rings. The average Bonchev–Trinajstić information content (AvgIpc) is 4.03. The standard InChI is InChI=1S/C54H47N5O4/c1-33-21-25-35(26-22-33)29-39-31-59(49(61)42-30-45(36-13-5-3-6-14-36)57-53(42)40-17-9-11-19-43(40)55-50(53)62)32-52(48(39)60)46(37-27-23-34(2)24-28-37)47(38-15-7-4-8-16-38)58-54(52)41-18-10-12-20-44(41)56-51(54)63/h3-29,42,45-47,57-58H,30-32H2,1-2H3,(H,55,62)(H,56,63)/b39-29+. The lowest BCUT2D eigenvalue weighted by molar-refractivity contribution is -0.151. The number of para-hydroxylation sites is 2. The Hall–Kier alpha value is -6.94. The van der Waals surface area contributed by atoms with Gasteiger partial charge >= 0.3 is 0 Å². The van der Waals surface area contributed by atoms with Gasteiger partial charge in [-0.3, -0.25) is 29.8 Å². The quantitative estimate of drug-likeness (QED) is 0.130. The van der Waals surface area contributed by atoms with Crippen molar-refractivity contribution in [2.45, 2.75) is 49.3 Å². The number of hydrogen-bond donors (Lipinski definition) is 4. The number of likely N-dealkylation sites (tertiary alicyclic amines) is 1. The zero-order valence-electron chi connectivity index (χ0n) is 35.1. The Morgan fingerprint density at radius 1 is 0.619 bits per heavy atom. The van der Waals surface area contributed by atoms with Crippen LogP contribution in [0.25, 0.3) is 6.08 Å². The van der Waals surface area contributed by atoms with Crippen molar-refractivity contribution >= 4 is 41.0 Å². The van der Waals surface area contributed by atoms with E-state index in [1.165, 1.54) is 0 Å². The van der Waals surface area contributed by atoms with Gasteiger partial charge in [0, 0.05) is 59.2 Å². The molecule has 63 heavy (non-hydrogen) atoms. The highest BCUT2D eigenvalue weighted by atomic mass is 16.2. The van der Waals surface area contributed by atoms with Crippen LogP contribution >= 0.6 is 0 Å². The second-order valence-electron chi connectivity index (χ2n) is 17.9. The van der Waals surface area contributed by atoms with E-state index >= 15 is 14.4 Å². The van der Waals surface area contributed by atoms with Crippen LogP contribution in [0, 0.1) is 25.2 Å². The summed E-state index contributed by atoms with van der Waals surface area (Å²) in [6.45, 7) is 3.96. The summed E-state index contributed by atoms with van der Waals surface area (Å²) in [5.41, 5.74) is 4.19. The summed E-state index contributed by atoms with van der Waals surface area (Å²) in [6.07, 6.45) is 2.23. The lowest BCUT2D eigenvalue weighted by atomic mass is 9.55. The summed E-state index contributed by atoms with van der Waals surface area (Å²) in [4.78, 5) is 64.5. The molecule has 5 aliphatic heterocycles.